The maximum Gasteiger partial charge on any atom is 0.194 e. The van der Waals surface area contributed by atoms with Gasteiger partial charge in [-0.25, -0.2) is 4.98 Å². The first-order valence-corrected chi connectivity index (χ1v) is 7.05. The van der Waals surface area contributed by atoms with Gasteiger partial charge in [0.1, 0.15) is 6.10 Å². The van der Waals surface area contributed by atoms with E-state index in [0.29, 0.717) is 6.04 Å². The molecule has 2 rings (SSSR count). The van der Waals surface area contributed by atoms with Gasteiger partial charge in [-0.3, -0.25) is 0 Å². The summed E-state index contributed by atoms with van der Waals surface area (Å²) in [4.78, 5) is 4.33. The number of rotatable bonds is 6. The van der Waals surface area contributed by atoms with Crippen LogP contribution in [0.2, 0.25) is 0 Å². The molecule has 1 aliphatic heterocycles. The molecule has 0 amide bonds. The van der Waals surface area contributed by atoms with Crippen LogP contribution in [-0.2, 0) is 11.2 Å². The van der Waals surface area contributed by atoms with E-state index in [2.05, 4.69) is 24.1 Å². The molecule has 1 atom stereocenters. The van der Waals surface area contributed by atoms with Crippen molar-refractivity contribution in [2.45, 2.75) is 58.1 Å². The van der Waals surface area contributed by atoms with Crippen molar-refractivity contribution in [2.75, 3.05) is 13.2 Å². The van der Waals surface area contributed by atoms with Crippen molar-refractivity contribution in [3.8, 4) is 0 Å². The van der Waals surface area contributed by atoms with Gasteiger partial charge in [0, 0.05) is 19.1 Å². The molecule has 4 nitrogen and oxygen atoms in total. The van der Waals surface area contributed by atoms with Gasteiger partial charge in [0.25, 0.3) is 0 Å². The third-order valence-electron chi connectivity index (χ3n) is 3.19. The van der Waals surface area contributed by atoms with Crippen molar-refractivity contribution in [1.29, 1.82) is 0 Å². The molecule has 102 valence electrons. The Hall–Kier alpha value is -0.870. The number of ether oxygens (including phenoxy) is 1. The van der Waals surface area contributed by atoms with E-state index in [1.165, 1.54) is 12.8 Å². The standard InChI is InChI=1S/C14H24N2O2/c1-11(2)15-8-5-7-14-16-10-13(18-14)12-6-3-4-9-17-12/h10-12,15H,3-9H2,1-2H3. The Bertz CT molecular complexity index is 343. The lowest BCUT2D eigenvalue weighted by atomic mass is 10.1. The summed E-state index contributed by atoms with van der Waals surface area (Å²) in [7, 11) is 0. The summed E-state index contributed by atoms with van der Waals surface area (Å²) < 4.78 is 11.5. The van der Waals surface area contributed by atoms with Crippen LogP contribution in [0.4, 0.5) is 0 Å². The fourth-order valence-electron chi connectivity index (χ4n) is 2.18. The Morgan fingerprint density at radius 2 is 2.33 bits per heavy atom. The number of hydrogen-bond acceptors (Lipinski definition) is 4. The van der Waals surface area contributed by atoms with Crippen LogP contribution in [0, 0.1) is 0 Å². The van der Waals surface area contributed by atoms with Crippen molar-refractivity contribution in [1.82, 2.24) is 10.3 Å². The van der Waals surface area contributed by atoms with E-state index in [4.69, 9.17) is 9.15 Å². The Labute approximate surface area is 109 Å². The van der Waals surface area contributed by atoms with Gasteiger partial charge in [-0.1, -0.05) is 13.8 Å². The van der Waals surface area contributed by atoms with E-state index >= 15 is 0 Å². The second-order valence-corrected chi connectivity index (χ2v) is 5.22. The first-order chi connectivity index (χ1) is 8.75. The maximum absolute atomic E-state index is 5.77. The van der Waals surface area contributed by atoms with Crippen LogP contribution < -0.4 is 5.32 Å². The molecule has 1 N–H and O–H groups in total. The summed E-state index contributed by atoms with van der Waals surface area (Å²) in [5.41, 5.74) is 0. The van der Waals surface area contributed by atoms with Gasteiger partial charge >= 0.3 is 0 Å². The molecule has 1 fully saturated rings. The molecule has 1 aromatic rings. The summed E-state index contributed by atoms with van der Waals surface area (Å²) in [5, 5.41) is 3.39. The molecule has 2 heterocycles. The van der Waals surface area contributed by atoms with Crippen molar-refractivity contribution < 1.29 is 9.15 Å². The minimum Gasteiger partial charge on any atom is -0.443 e. The zero-order valence-electron chi connectivity index (χ0n) is 11.4. The van der Waals surface area contributed by atoms with Crippen molar-refractivity contribution >= 4 is 0 Å². The zero-order valence-corrected chi connectivity index (χ0v) is 11.4. The summed E-state index contributed by atoms with van der Waals surface area (Å²) in [6.07, 6.45) is 7.37. The highest BCUT2D eigenvalue weighted by molar-refractivity contribution is 4.99. The van der Waals surface area contributed by atoms with Crippen LogP contribution in [0.1, 0.15) is 57.3 Å². The molecule has 4 heteroatoms. The molecule has 0 bridgehead atoms. The third kappa shape index (κ3) is 4.10. The topological polar surface area (TPSA) is 47.3 Å². The van der Waals surface area contributed by atoms with Crippen LogP contribution in [0.3, 0.4) is 0 Å². The van der Waals surface area contributed by atoms with E-state index < -0.39 is 0 Å². The predicted molar refractivity (Wildman–Crippen MR) is 70.5 cm³/mol. The van der Waals surface area contributed by atoms with Crippen LogP contribution in [0.5, 0.6) is 0 Å². The second kappa shape index (κ2) is 6.90. The summed E-state index contributed by atoms with van der Waals surface area (Å²) >= 11 is 0. The first kappa shape index (κ1) is 13.6. The molecule has 0 radical (unpaired) electrons. The quantitative estimate of drug-likeness (QED) is 0.791. The third-order valence-corrected chi connectivity index (χ3v) is 3.19. The number of aromatic nitrogens is 1. The van der Waals surface area contributed by atoms with Gasteiger partial charge in [0.2, 0.25) is 0 Å². The lowest BCUT2D eigenvalue weighted by Gasteiger charge is -2.19. The average molecular weight is 252 g/mol. The van der Waals surface area contributed by atoms with Crippen LogP contribution >= 0.6 is 0 Å². The highest BCUT2D eigenvalue weighted by Gasteiger charge is 2.20. The lowest BCUT2D eigenvalue weighted by molar-refractivity contribution is 0.00127. The van der Waals surface area contributed by atoms with Crippen LogP contribution in [0.15, 0.2) is 10.6 Å². The molecular formula is C14H24N2O2. The molecule has 18 heavy (non-hydrogen) atoms. The SMILES string of the molecule is CC(C)NCCCc1ncc(C2CCCCO2)o1. The van der Waals surface area contributed by atoms with Gasteiger partial charge in [0.15, 0.2) is 11.7 Å². The minimum atomic E-state index is 0.133. The van der Waals surface area contributed by atoms with Crippen LogP contribution in [-0.4, -0.2) is 24.2 Å². The van der Waals surface area contributed by atoms with Gasteiger partial charge in [-0.2, -0.15) is 0 Å². The molecule has 1 aromatic heterocycles. The fourth-order valence-corrected chi connectivity index (χ4v) is 2.18. The van der Waals surface area contributed by atoms with E-state index in [0.717, 1.165) is 44.1 Å². The van der Waals surface area contributed by atoms with Gasteiger partial charge in [-0.05, 0) is 32.2 Å². The fraction of sp³-hybridized carbons (Fsp3) is 0.786. The molecule has 0 aliphatic carbocycles. The van der Waals surface area contributed by atoms with Crippen molar-refractivity contribution in [3.63, 3.8) is 0 Å². The summed E-state index contributed by atoms with van der Waals surface area (Å²) in [6, 6.07) is 0.542. The lowest BCUT2D eigenvalue weighted by Crippen LogP contribution is -2.23. The Kier molecular flexibility index (Phi) is 5.20. The number of aryl methyl sites for hydroxylation is 1. The first-order valence-electron chi connectivity index (χ1n) is 7.05. The van der Waals surface area contributed by atoms with Crippen LogP contribution in [0.25, 0.3) is 0 Å². The Morgan fingerprint density at radius 1 is 1.44 bits per heavy atom. The summed E-state index contributed by atoms with van der Waals surface area (Å²) in [5.74, 6) is 1.74. The van der Waals surface area contributed by atoms with Gasteiger partial charge in [-0.15, -0.1) is 0 Å². The molecule has 0 spiro atoms. The number of hydrogen-bond donors (Lipinski definition) is 1. The molecular weight excluding hydrogens is 228 g/mol. The highest BCUT2D eigenvalue weighted by Crippen LogP contribution is 2.28. The van der Waals surface area contributed by atoms with E-state index in [-0.39, 0.29) is 6.10 Å². The molecule has 0 saturated carbocycles. The monoisotopic (exact) mass is 252 g/mol. The average Bonchev–Trinajstić information content (AvgIpc) is 2.84. The Morgan fingerprint density at radius 3 is 3.06 bits per heavy atom. The Balaban J connectivity index is 1.75. The van der Waals surface area contributed by atoms with Gasteiger partial charge < -0.3 is 14.5 Å². The molecule has 1 aliphatic rings. The smallest absolute Gasteiger partial charge is 0.194 e. The summed E-state index contributed by atoms with van der Waals surface area (Å²) in [6.45, 7) is 6.17. The second-order valence-electron chi connectivity index (χ2n) is 5.22. The number of oxazole rings is 1. The maximum atomic E-state index is 5.77. The van der Waals surface area contributed by atoms with Crippen molar-refractivity contribution in [3.05, 3.63) is 17.8 Å². The van der Waals surface area contributed by atoms with Gasteiger partial charge in [0.05, 0.1) is 6.20 Å². The number of nitrogens with one attached hydrogen (secondary N) is 1. The van der Waals surface area contributed by atoms with Crippen molar-refractivity contribution in [2.24, 2.45) is 0 Å². The highest BCUT2D eigenvalue weighted by atomic mass is 16.5. The molecule has 0 aromatic carbocycles. The molecule has 1 unspecified atom stereocenters. The van der Waals surface area contributed by atoms with E-state index in [1.54, 1.807) is 0 Å². The largest absolute Gasteiger partial charge is 0.443 e. The normalized spacial score (nSPS) is 20.5. The molecule has 1 saturated heterocycles. The number of nitrogens with zero attached hydrogens (tertiary/aromatic N) is 1. The van der Waals surface area contributed by atoms with E-state index in [1.807, 2.05) is 6.20 Å². The zero-order chi connectivity index (χ0) is 12.8. The predicted octanol–water partition coefficient (Wildman–Crippen LogP) is 2.85. The van der Waals surface area contributed by atoms with E-state index in [9.17, 15) is 0 Å². The minimum absolute atomic E-state index is 0.133.